The van der Waals surface area contributed by atoms with Crippen molar-refractivity contribution in [1.29, 1.82) is 5.26 Å². The van der Waals surface area contributed by atoms with E-state index in [0.29, 0.717) is 41.9 Å². The molecule has 1 aliphatic heterocycles. The van der Waals surface area contributed by atoms with Crippen LogP contribution in [-0.4, -0.2) is 29.7 Å². The Hall–Kier alpha value is -2.30. The van der Waals surface area contributed by atoms with Crippen molar-refractivity contribution in [2.45, 2.75) is 31.3 Å². The largest absolute Gasteiger partial charge is 0.392 e. The molecule has 0 amide bonds. The average Bonchev–Trinajstić information content (AvgIpc) is 3.19. The normalized spacial score (nSPS) is 17.0. The summed E-state index contributed by atoms with van der Waals surface area (Å²) in [6.45, 7) is 0.696. The Morgan fingerprint density at radius 1 is 1.15 bits per heavy atom. The topological polar surface area (TPSA) is 82.7 Å². The van der Waals surface area contributed by atoms with E-state index < -0.39 is 17.7 Å². The summed E-state index contributed by atoms with van der Waals surface area (Å²) in [7, 11) is 0. The molecule has 1 aliphatic rings. The van der Waals surface area contributed by atoms with Gasteiger partial charge in [-0.25, -0.2) is 4.39 Å². The summed E-state index contributed by atoms with van der Waals surface area (Å²) < 4.78 is 24.2. The molecule has 2 aromatic rings. The number of ether oxygens (including phenoxy) is 2. The van der Waals surface area contributed by atoms with Gasteiger partial charge in [-0.3, -0.25) is 0 Å². The first-order valence-corrected chi connectivity index (χ1v) is 8.43. The molecule has 6 heteroatoms. The molecule has 1 saturated heterocycles. The van der Waals surface area contributed by atoms with Gasteiger partial charge in [-0.15, -0.1) is 0 Å². The van der Waals surface area contributed by atoms with Gasteiger partial charge in [0.25, 0.3) is 0 Å². The first kappa shape index (κ1) is 18.5. The summed E-state index contributed by atoms with van der Waals surface area (Å²) in [5.74, 6) is -0.402. The SMILES string of the molecule is N#Cc1ccc(C(O)(CCC2OCCO2)c2ccc(F)cc2)c(CO)c1. The van der Waals surface area contributed by atoms with Crippen molar-refractivity contribution in [3.63, 3.8) is 0 Å². The molecule has 136 valence electrons. The Labute approximate surface area is 151 Å². The summed E-state index contributed by atoms with van der Waals surface area (Å²) in [6, 6.07) is 12.4. The quantitative estimate of drug-likeness (QED) is 0.830. The van der Waals surface area contributed by atoms with Gasteiger partial charge in [-0.1, -0.05) is 18.2 Å². The van der Waals surface area contributed by atoms with Gasteiger partial charge in [0, 0.05) is 6.42 Å². The van der Waals surface area contributed by atoms with Gasteiger partial charge in [-0.05, 0) is 47.4 Å². The van der Waals surface area contributed by atoms with Crippen LogP contribution in [0, 0.1) is 17.1 Å². The second kappa shape index (κ2) is 7.94. The maximum Gasteiger partial charge on any atom is 0.157 e. The minimum absolute atomic E-state index is 0.252. The highest BCUT2D eigenvalue weighted by Crippen LogP contribution is 2.37. The zero-order valence-corrected chi connectivity index (χ0v) is 14.2. The molecule has 1 heterocycles. The fraction of sp³-hybridized carbons (Fsp3) is 0.350. The number of aliphatic hydroxyl groups excluding tert-OH is 1. The van der Waals surface area contributed by atoms with E-state index in [1.54, 1.807) is 18.2 Å². The molecule has 0 saturated carbocycles. The van der Waals surface area contributed by atoms with E-state index in [0.717, 1.165) is 0 Å². The third-order valence-corrected chi connectivity index (χ3v) is 4.60. The zero-order valence-electron chi connectivity index (χ0n) is 14.2. The van der Waals surface area contributed by atoms with Crippen LogP contribution in [0.1, 0.15) is 35.1 Å². The van der Waals surface area contributed by atoms with Gasteiger partial charge in [0.15, 0.2) is 6.29 Å². The van der Waals surface area contributed by atoms with Crippen molar-refractivity contribution in [2.75, 3.05) is 13.2 Å². The summed E-state index contributed by atoms with van der Waals surface area (Å²) in [6.07, 6.45) is 0.277. The molecule has 1 fully saturated rings. The molecule has 26 heavy (non-hydrogen) atoms. The third-order valence-electron chi connectivity index (χ3n) is 4.60. The third kappa shape index (κ3) is 3.76. The Balaban J connectivity index is 2.02. The van der Waals surface area contributed by atoms with Crippen LogP contribution in [0.15, 0.2) is 42.5 Å². The number of hydrogen-bond acceptors (Lipinski definition) is 5. The van der Waals surface area contributed by atoms with Crippen molar-refractivity contribution in [3.8, 4) is 6.07 Å². The minimum Gasteiger partial charge on any atom is -0.392 e. The lowest BCUT2D eigenvalue weighted by atomic mass is 9.80. The van der Waals surface area contributed by atoms with Gasteiger partial charge in [0.1, 0.15) is 11.4 Å². The van der Waals surface area contributed by atoms with E-state index in [9.17, 15) is 14.6 Å². The molecule has 0 radical (unpaired) electrons. The maximum atomic E-state index is 13.4. The number of benzene rings is 2. The van der Waals surface area contributed by atoms with Crippen LogP contribution in [0.3, 0.4) is 0 Å². The van der Waals surface area contributed by atoms with Crippen molar-refractivity contribution < 1.29 is 24.1 Å². The number of hydrogen-bond donors (Lipinski definition) is 2. The van der Waals surface area contributed by atoms with Crippen LogP contribution in [0.5, 0.6) is 0 Å². The summed E-state index contributed by atoms with van der Waals surface area (Å²) in [5, 5.41) is 30.4. The summed E-state index contributed by atoms with van der Waals surface area (Å²) in [5.41, 5.74) is 0.334. The Kier molecular flexibility index (Phi) is 5.64. The van der Waals surface area contributed by atoms with Crippen LogP contribution in [0.2, 0.25) is 0 Å². The van der Waals surface area contributed by atoms with Crippen LogP contribution in [-0.2, 0) is 21.7 Å². The van der Waals surface area contributed by atoms with E-state index in [1.807, 2.05) is 6.07 Å². The molecular formula is C20H20FNO4. The van der Waals surface area contributed by atoms with Crippen LogP contribution in [0.25, 0.3) is 0 Å². The van der Waals surface area contributed by atoms with Gasteiger partial charge < -0.3 is 19.7 Å². The number of rotatable bonds is 6. The zero-order chi connectivity index (χ0) is 18.6. The molecule has 1 atom stereocenters. The van der Waals surface area contributed by atoms with Gasteiger partial charge >= 0.3 is 0 Å². The fourth-order valence-electron chi connectivity index (χ4n) is 3.26. The van der Waals surface area contributed by atoms with Crippen molar-refractivity contribution in [1.82, 2.24) is 0 Å². The lowest BCUT2D eigenvalue weighted by Gasteiger charge is -2.32. The van der Waals surface area contributed by atoms with E-state index in [1.165, 1.54) is 24.3 Å². The number of aliphatic hydroxyl groups is 2. The molecule has 1 unspecified atom stereocenters. The second-order valence-electron chi connectivity index (χ2n) is 6.22. The predicted octanol–water partition coefficient (Wildman–Crippen LogP) is 2.58. The molecule has 3 rings (SSSR count). The Morgan fingerprint density at radius 3 is 2.46 bits per heavy atom. The minimum atomic E-state index is -1.48. The highest BCUT2D eigenvalue weighted by atomic mass is 19.1. The molecule has 5 nitrogen and oxygen atoms in total. The lowest BCUT2D eigenvalue weighted by molar-refractivity contribution is -0.0623. The molecule has 2 aromatic carbocycles. The molecule has 0 bridgehead atoms. The smallest absolute Gasteiger partial charge is 0.157 e. The average molecular weight is 357 g/mol. The van der Waals surface area contributed by atoms with E-state index in [2.05, 4.69) is 0 Å². The summed E-state index contributed by atoms with van der Waals surface area (Å²) >= 11 is 0. The predicted molar refractivity (Wildman–Crippen MR) is 91.4 cm³/mol. The van der Waals surface area contributed by atoms with Crippen molar-refractivity contribution in [3.05, 3.63) is 70.5 Å². The van der Waals surface area contributed by atoms with Crippen LogP contribution in [0.4, 0.5) is 4.39 Å². The molecule has 0 aliphatic carbocycles. The first-order valence-electron chi connectivity index (χ1n) is 8.43. The Morgan fingerprint density at radius 2 is 1.85 bits per heavy atom. The standard InChI is InChI=1S/C20H20FNO4/c21-17-4-2-16(3-5-17)20(24,8-7-19-25-9-10-26-19)18-6-1-14(12-22)11-15(18)13-23/h1-6,11,19,23-24H,7-10,13H2. The molecule has 0 aromatic heterocycles. The van der Waals surface area contributed by atoms with E-state index in [4.69, 9.17) is 14.7 Å². The number of nitrogens with zero attached hydrogens (tertiary/aromatic N) is 1. The highest BCUT2D eigenvalue weighted by molar-refractivity contribution is 5.45. The van der Waals surface area contributed by atoms with Gasteiger partial charge in [-0.2, -0.15) is 5.26 Å². The van der Waals surface area contributed by atoms with Crippen molar-refractivity contribution in [2.24, 2.45) is 0 Å². The van der Waals surface area contributed by atoms with Gasteiger partial charge in [0.2, 0.25) is 0 Å². The van der Waals surface area contributed by atoms with E-state index in [-0.39, 0.29) is 13.0 Å². The first-order chi connectivity index (χ1) is 12.6. The molecule has 0 spiro atoms. The summed E-state index contributed by atoms with van der Waals surface area (Å²) in [4.78, 5) is 0. The molecule has 2 N–H and O–H groups in total. The van der Waals surface area contributed by atoms with Gasteiger partial charge in [0.05, 0.1) is 31.5 Å². The highest BCUT2D eigenvalue weighted by Gasteiger charge is 2.35. The van der Waals surface area contributed by atoms with Crippen LogP contribution < -0.4 is 0 Å². The van der Waals surface area contributed by atoms with E-state index >= 15 is 0 Å². The monoisotopic (exact) mass is 357 g/mol. The molecular weight excluding hydrogens is 337 g/mol. The number of nitriles is 1. The maximum absolute atomic E-state index is 13.4. The lowest BCUT2D eigenvalue weighted by Crippen LogP contribution is -2.30. The van der Waals surface area contributed by atoms with Crippen LogP contribution >= 0.6 is 0 Å². The second-order valence-corrected chi connectivity index (χ2v) is 6.22. The number of halogens is 1. The fourth-order valence-corrected chi connectivity index (χ4v) is 3.26. The Bertz CT molecular complexity index is 796. The van der Waals surface area contributed by atoms with Crippen molar-refractivity contribution >= 4 is 0 Å².